The Morgan fingerprint density at radius 3 is 1.93 bits per heavy atom. The van der Waals surface area contributed by atoms with Gasteiger partial charge in [0.15, 0.2) is 0 Å². The summed E-state index contributed by atoms with van der Waals surface area (Å²) < 4.78 is 35.4. The molecule has 0 saturated heterocycles. The molecule has 0 aliphatic heterocycles. The van der Waals surface area contributed by atoms with E-state index >= 15 is 0 Å². The molecule has 0 N–H and O–H groups in total. The van der Waals surface area contributed by atoms with E-state index in [2.05, 4.69) is 20.5 Å². The summed E-state index contributed by atoms with van der Waals surface area (Å²) >= 11 is 4.13. The van der Waals surface area contributed by atoms with Gasteiger partial charge in [0, 0.05) is 0 Å². The Morgan fingerprint density at radius 1 is 1.14 bits per heavy atom. The fraction of sp³-hybridized carbons (Fsp3) is 0.125. The molecule has 0 nitrogen and oxygen atoms in total. The third kappa shape index (κ3) is 6.74. The molecular formula is C8H6BrF3SZn. The Hall–Kier alpha value is 0.333. The van der Waals surface area contributed by atoms with Gasteiger partial charge >= 0.3 is 35.5 Å². The van der Waals surface area contributed by atoms with Gasteiger partial charge in [-0.25, -0.2) is 0 Å². The molecule has 14 heavy (non-hydrogen) atoms. The van der Waals surface area contributed by atoms with Crippen molar-refractivity contribution in [3.8, 4) is 0 Å². The Balaban J connectivity index is 0.000000791. The Kier molecular flexibility index (Phi) is 6.91. The van der Waals surface area contributed by atoms with Gasteiger partial charge in [-0.05, 0) is 16.7 Å². The first-order chi connectivity index (χ1) is 6.47. The van der Waals surface area contributed by atoms with Crippen LogP contribution in [-0.2, 0) is 16.3 Å². The van der Waals surface area contributed by atoms with Crippen LogP contribution >= 0.6 is 25.4 Å². The molecule has 1 rings (SSSR count). The number of thioether (sulfide) groups is 1. The third-order valence-corrected chi connectivity index (χ3v) is 1.90. The van der Waals surface area contributed by atoms with Crippen LogP contribution in [0.15, 0.2) is 29.2 Å². The van der Waals surface area contributed by atoms with E-state index in [1.807, 2.05) is 0 Å². The first-order valence-electron chi connectivity index (χ1n) is 3.42. The zero-order valence-electron chi connectivity index (χ0n) is 7.14. The van der Waals surface area contributed by atoms with E-state index in [9.17, 15) is 13.2 Å². The van der Waals surface area contributed by atoms with Gasteiger partial charge in [-0.15, -0.1) is 12.1 Å². The Bertz CT molecular complexity index is 260. The van der Waals surface area contributed by atoms with Gasteiger partial charge in [0.1, 0.15) is 0 Å². The molecule has 0 heterocycles. The molecule has 0 amide bonds. The van der Waals surface area contributed by atoms with Crippen molar-refractivity contribution >= 4 is 25.4 Å². The second-order valence-electron chi connectivity index (χ2n) is 2.19. The van der Waals surface area contributed by atoms with Crippen LogP contribution < -0.4 is 0 Å². The molecule has 0 atom stereocenters. The molecule has 0 aliphatic carbocycles. The van der Waals surface area contributed by atoms with Crippen molar-refractivity contribution in [2.45, 2.75) is 10.4 Å². The van der Waals surface area contributed by atoms with Gasteiger partial charge < -0.3 is 0 Å². The summed E-state index contributed by atoms with van der Waals surface area (Å²) in [4.78, 5) is 0.190. The van der Waals surface area contributed by atoms with Crippen LogP contribution in [0, 0.1) is 6.92 Å². The normalized spacial score (nSPS) is 10.4. The molecule has 1 aromatic rings. The first kappa shape index (κ1) is 14.3. The maximum absolute atomic E-state index is 11.8. The predicted molar refractivity (Wildman–Crippen MR) is 51.7 cm³/mol. The quantitative estimate of drug-likeness (QED) is 0.418. The monoisotopic (exact) mass is 334 g/mol. The van der Waals surface area contributed by atoms with Crippen molar-refractivity contribution in [3.63, 3.8) is 0 Å². The summed E-state index contributed by atoms with van der Waals surface area (Å²) in [5.74, 6) is 0. The standard InChI is InChI=1S/C8H6F3S.BrH.Zn/c1-6-2-4-7(5-3-6)12-8(9,10)11;;/h2-5H,1H2;1H;/q-1;;+2/p-1. The predicted octanol–water partition coefficient (Wildman–Crippen LogP) is 4.32. The van der Waals surface area contributed by atoms with Gasteiger partial charge in [-0.1, -0.05) is 0 Å². The summed E-state index contributed by atoms with van der Waals surface area (Å²) in [6, 6.07) is 5.91. The minimum absolute atomic E-state index is 0.118. The summed E-state index contributed by atoms with van der Waals surface area (Å²) in [6.07, 6.45) is 0. The number of alkyl halides is 3. The van der Waals surface area contributed by atoms with Crippen LogP contribution in [0.5, 0.6) is 0 Å². The molecule has 0 fully saturated rings. The van der Waals surface area contributed by atoms with Crippen molar-refractivity contribution in [1.82, 2.24) is 0 Å². The molecule has 0 radical (unpaired) electrons. The Morgan fingerprint density at radius 2 is 1.57 bits per heavy atom. The fourth-order valence-electron chi connectivity index (χ4n) is 0.691. The van der Waals surface area contributed by atoms with E-state index in [0.717, 1.165) is 0 Å². The van der Waals surface area contributed by atoms with E-state index in [1.165, 1.54) is 28.5 Å². The zero-order chi connectivity index (χ0) is 11.2. The van der Waals surface area contributed by atoms with Gasteiger partial charge in [0.05, 0.1) is 0 Å². The average molecular weight is 336 g/mol. The van der Waals surface area contributed by atoms with Gasteiger partial charge in [0.2, 0.25) is 0 Å². The van der Waals surface area contributed by atoms with Crippen LogP contribution in [0.25, 0.3) is 0 Å². The second-order valence-corrected chi connectivity index (χ2v) is 3.33. The van der Waals surface area contributed by atoms with Crippen molar-refractivity contribution in [2.75, 3.05) is 0 Å². The van der Waals surface area contributed by atoms with E-state index in [-0.39, 0.29) is 16.7 Å². The zero-order valence-corrected chi connectivity index (χ0v) is 12.5. The molecule has 0 spiro atoms. The number of rotatable bonds is 1. The average Bonchev–Trinajstić information content (AvgIpc) is 2.10. The van der Waals surface area contributed by atoms with Crippen molar-refractivity contribution in [1.29, 1.82) is 0 Å². The van der Waals surface area contributed by atoms with Crippen LogP contribution in [0.1, 0.15) is 5.56 Å². The second kappa shape index (κ2) is 6.75. The molecular weight excluding hydrogens is 330 g/mol. The summed E-state index contributed by atoms with van der Waals surface area (Å²) in [5, 5.41) is 0. The van der Waals surface area contributed by atoms with Gasteiger partial charge in [-0.2, -0.15) is 37.8 Å². The fourth-order valence-corrected chi connectivity index (χ4v) is 1.23. The van der Waals surface area contributed by atoms with Crippen LogP contribution in [0.2, 0.25) is 0 Å². The SMILES string of the molecule is [CH2-]c1ccc(SC(F)(F)F)cc1.[Zn+][Br]. The summed E-state index contributed by atoms with van der Waals surface area (Å²) in [5.41, 5.74) is -3.50. The molecule has 0 aliphatic rings. The van der Waals surface area contributed by atoms with Crippen molar-refractivity contribution in [3.05, 3.63) is 36.8 Å². The summed E-state index contributed by atoms with van der Waals surface area (Å²) in [7, 11) is 0. The molecule has 0 unspecified atom stereocenters. The van der Waals surface area contributed by atoms with E-state index in [0.29, 0.717) is 5.56 Å². The van der Waals surface area contributed by atoms with Gasteiger partial charge in [-0.3, -0.25) is 0 Å². The minimum atomic E-state index is -4.21. The van der Waals surface area contributed by atoms with Crippen LogP contribution in [0.3, 0.4) is 0 Å². The number of hydrogen-bond acceptors (Lipinski definition) is 1. The van der Waals surface area contributed by atoms with Crippen molar-refractivity contribution < 1.29 is 29.5 Å². The maximum atomic E-state index is 11.8. The molecule has 1 aromatic carbocycles. The van der Waals surface area contributed by atoms with Crippen LogP contribution in [-0.4, -0.2) is 5.51 Å². The number of halogens is 4. The molecule has 0 aromatic heterocycles. The van der Waals surface area contributed by atoms with E-state index < -0.39 is 5.51 Å². The topological polar surface area (TPSA) is 0 Å². The van der Waals surface area contributed by atoms with Crippen LogP contribution in [0.4, 0.5) is 13.2 Å². The molecule has 6 heteroatoms. The number of hydrogen-bond donors (Lipinski definition) is 0. The third-order valence-electron chi connectivity index (χ3n) is 1.16. The molecule has 0 bridgehead atoms. The summed E-state index contributed by atoms with van der Waals surface area (Å²) in [6.45, 7) is 3.57. The first-order valence-corrected chi connectivity index (χ1v) is 11.2. The molecule has 74 valence electrons. The molecule has 0 saturated carbocycles. The number of benzene rings is 1. The van der Waals surface area contributed by atoms with E-state index in [1.54, 1.807) is 12.1 Å². The van der Waals surface area contributed by atoms with E-state index in [4.69, 9.17) is 0 Å². The van der Waals surface area contributed by atoms with Gasteiger partial charge in [0.25, 0.3) is 0 Å². The van der Waals surface area contributed by atoms with Crippen molar-refractivity contribution in [2.24, 2.45) is 0 Å². The Labute approximate surface area is 102 Å².